The number of aliphatic hydroxyl groups is 1. The minimum atomic E-state index is -3.59. The van der Waals surface area contributed by atoms with Crippen LogP contribution in [-0.4, -0.2) is 26.2 Å². The van der Waals surface area contributed by atoms with Gasteiger partial charge in [0, 0.05) is 12.2 Å². The predicted octanol–water partition coefficient (Wildman–Crippen LogP) is 0.708. The average molecular weight is 258 g/mol. The van der Waals surface area contributed by atoms with Gasteiger partial charge in [-0.3, -0.25) is 0 Å². The van der Waals surface area contributed by atoms with Crippen LogP contribution in [-0.2, 0) is 10.0 Å². The molecule has 1 rings (SSSR count). The number of hydrogen-bond acceptors (Lipinski definition) is 4. The molecular weight excluding hydrogens is 240 g/mol. The summed E-state index contributed by atoms with van der Waals surface area (Å²) in [6.07, 6.45) is 0.719. The van der Waals surface area contributed by atoms with Gasteiger partial charge < -0.3 is 10.8 Å². The first-order valence-corrected chi connectivity index (χ1v) is 6.97. The SMILES string of the molecule is CCCC(O)CNS(=O)(=O)c1cccc(N)c1. The minimum absolute atomic E-state index is 0.0188. The van der Waals surface area contributed by atoms with Gasteiger partial charge in [-0.05, 0) is 24.6 Å². The molecule has 0 bridgehead atoms. The second kappa shape index (κ2) is 6.00. The number of nitrogens with one attached hydrogen (secondary N) is 1. The molecule has 0 heterocycles. The Morgan fingerprint density at radius 3 is 2.76 bits per heavy atom. The summed E-state index contributed by atoms with van der Waals surface area (Å²) in [5, 5.41) is 9.46. The van der Waals surface area contributed by atoms with Gasteiger partial charge in [0.05, 0.1) is 11.0 Å². The molecule has 0 aliphatic rings. The summed E-state index contributed by atoms with van der Waals surface area (Å²) in [6, 6.07) is 6.04. The summed E-state index contributed by atoms with van der Waals surface area (Å²) in [7, 11) is -3.59. The van der Waals surface area contributed by atoms with Crippen LogP contribution >= 0.6 is 0 Å². The van der Waals surface area contributed by atoms with Crippen molar-refractivity contribution in [1.29, 1.82) is 0 Å². The Morgan fingerprint density at radius 1 is 1.47 bits per heavy atom. The molecule has 0 aromatic heterocycles. The monoisotopic (exact) mass is 258 g/mol. The molecule has 5 nitrogen and oxygen atoms in total. The number of sulfonamides is 1. The second-order valence-electron chi connectivity index (χ2n) is 3.87. The third-order valence-corrected chi connectivity index (χ3v) is 3.72. The Bertz CT molecular complexity index is 460. The quantitative estimate of drug-likeness (QED) is 0.655. The maximum atomic E-state index is 11.8. The van der Waals surface area contributed by atoms with E-state index in [4.69, 9.17) is 5.73 Å². The van der Waals surface area contributed by atoms with Crippen molar-refractivity contribution in [2.45, 2.75) is 30.8 Å². The lowest BCUT2D eigenvalue weighted by atomic mass is 10.2. The molecule has 0 saturated carbocycles. The van der Waals surface area contributed by atoms with E-state index in [0.29, 0.717) is 12.1 Å². The molecule has 1 unspecified atom stereocenters. The lowest BCUT2D eigenvalue weighted by molar-refractivity contribution is 0.167. The standard InChI is InChI=1S/C11H18N2O3S/c1-2-4-10(14)8-13-17(15,16)11-6-3-5-9(12)7-11/h3,5-7,10,13-14H,2,4,8,12H2,1H3. The summed E-state index contributed by atoms with van der Waals surface area (Å²) in [5.41, 5.74) is 5.91. The molecule has 17 heavy (non-hydrogen) atoms. The van der Waals surface area contributed by atoms with Gasteiger partial charge in [0.2, 0.25) is 10.0 Å². The van der Waals surface area contributed by atoms with Gasteiger partial charge in [-0.15, -0.1) is 0 Å². The highest BCUT2D eigenvalue weighted by Gasteiger charge is 2.15. The Labute approximate surface area is 102 Å². The van der Waals surface area contributed by atoms with E-state index in [9.17, 15) is 13.5 Å². The average Bonchev–Trinajstić information content (AvgIpc) is 2.27. The molecule has 0 amide bonds. The number of rotatable bonds is 6. The van der Waals surface area contributed by atoms with Crippen molar-refractivity contribution >= 4 is 15.7 Å². The number of benzene rings is 1. The van der Waals surface area contributed by atoms with Crippen molar-refractivity contribution in [1.82, 2.24) is 4.72 Å². The summed E-state index contributed by atoms with van der Waals surface area (Å²) in [5.74, 6) is 0. The van der Waals surface area contributed by atoms with Crippen molar-refractivity contribution in [3.8, 4) is 0 Å². The molecule has 0 radical (unpaired) electrons. The second-order valence-corrected chi connectivity index (χ2v) is 5.63. The van der Waals surface area contributed by atoms with Crippen LogP contribution < -0.4 is 10.5 Å². The number of hydrogen-bond donors (Lipinski definition) is 3. The van der Waals surface area contributed by atoms with Crippen molar-refractivity contribution in [2.75, 3.05) is 12.3 Å². The van der Waals surface area contributed by atoms with Gasteiger partial charge in [-0.2, -0.15) is 0 Å². The fourth-order valence-corrected chi connectivity index (χ4v) is 2.53. The zero-order valence-electron chi connectivity index (χ0n) is 9.76. The highest BCUT2D eigenvalue weighted by Crippen LogP contribution is 2.12. The maximum Gasteiger partial charge on any atom is 0.240 e. The summed E-state index contributed by atoms with van der Waals surface area (Å²) in [4.78, 5) is 0.112. The van der Waals surface area contributed by atoms with E-state index >= 15 is 0 Å². The highest BCUT2D eigenvalue weighted by molar-refractivity contribution is 7.89. The highest BCUT2D eigenvalue weighted by atomic mass is 32.2. The van der Waals surface area contributed by atoms with Gasteiger partial charge in [0.1, 0.15) is 0 Å². The van der Waals surface area contributed by atoms with Crippen LogP contribution in [0.5, 0.6) is 0 Å². The Morgan fingerprint density at radius 2 is 2.18 bits per heavy atom. The van der Waals surface area contributed by atoms with Crippen molar-refractivity contribution in [3.63, 3.8) is 0 Å². The van der Waals surface area contributed by atoms with Gasteiger partial charge in [0.15, 0.2) is 0 Å². The number of nitrogens with two attached hydrogens (primary N) is 1. The molecule has 1 atom stereocenters. The molecule has 0 spiro atoms. The number of anilines is 1. The smallest absolute Gasteiger partial charge is 0.240 e. The maximum absolute atomic E-state index is 11.8. The van der Waals surface area contributed by atoms with Gasteiger partial charge in [-0.1, -0.05) is 19.4 Å². The van der Waals surface area contributed by atoms with E-state index in [-0.39, 0.29) is 11.4 Å². The molecule has 6 heteroatoms. The van der Waals surface area contributed by atoms with Crippen LogP contribution in [0.1, 0.15) is 19.8 Å². The topological polar surface area (TPSA) is 92.4 Å². The lowest BCUT2D eigenvalue weighted by Gasteiger charge is -2.11. The van der Waals surface area contributed by atoms with Crippen molar-refractivity contribution in [2.24, 2.45) is 0 Å². The van der Waals surface area contributed by atoms with Gasteiger partial charge in [-0.25, -0.2) is 13.1 Å². The molecule has 0 aliphatic heterocycles. The van der Waals surface area contributed by atoms with Crippen LogP contribution in [0.3, 0.4) is 0 Å². The first-order valence-electron chi connectivity index (χ1n) is 5.49. The van der Waals surface area contributed by atoms with E-state index in [2.05, 4.69) is 4.72 Å². The van der Waals surface area contributed by atoms with E-state index in [0.717, 1.165) is 6.42 Å². The van der Waals surface area contributed by atoms with Gasteiger partial charge in [0.25, 0.3) is 0 Å². The summed E-state index contributed by atoms with van der Waals surface area (Å²) >= 11 is 0. The van der Waals surface area contributed by atoms with E-state index in [1.54, 1.807) is 12.1 Å². The molecule has 96 valence electrons. The molecule has 0 saturated heterocycles. The Hall–Kier alpha value is -1.11. The molecule has 4 N–H and O–H groups in total. The molecule has 1 aromatic carbocycles. The largest absolute Gasteiger partial charge is 0.399 e. The van der Waals surface area contributed by atoms with E-state index < -0.39 is 16.1 Å². The van der Waals surface area contributed by atoms with Crippen LogP contribution in [0.25, 0.3) is 0 Å². The van der Waals surface area contributed by atoms with Crippen molar-refractivity contribution < 1.29 is 13.5 Å². The third kappa shape index (κ3) is 4.33. The van der Waals surface area contributed by atoms with E-state index in [1.807, 2.05) is 6.92 Å². The predicted molar refractivity (Wildman–Crippen MR) is 67.0 cm³/mol. The fourth-order valence-electron chi connectivity index (χ4n) is 1.41. The van der Waals surface area contributed by atoms with E-state index in [1.165, 1.54) is 12.1 Å². The normalized spacial score (nSPS) is 13.5. The van der Waals surface area contributed by atoms with Crippen LogP contribution in [0.15, 0.2) is 29.2 Å². The Kier molecular flexibility index (Phi) is 4.92. The van der Waals surface area contributed by atoms with Gasteiger partial charge >= 0.3 is 0 Å². The molecule has 0 fully saturated rings. The van der Waals surface area contributed by atoms with Crippen LogP contribution in [0.4, 0.5) is 5.69 Å². The molecule has 1 aromatic rings. The number of aliphatic hydroxyl groups excluding tert-OH is 1. The fraction of sp³-hybridized carbons (Fsp3) is 0.455. The zero-order chi connectivity index (χ0) is 12.9. The summed E-state index contributed by atoms with van der Waals surface area (Å²) < 4.78 is 26.0. The molecule has 0 aliphatic carbocycles. The first kappa shape index (κ1) is 14.0. The first-order chi connectivity index (χ1) is 7.95. The third-order valence-electron chi connectivity index (χ3n) is 2.30. The minimum Gasteiger partial charge on any atom is -0.399 e. The number of nitrogen functional groups attached to an aromatic ring is 1. The zero-order valence-corrected chi connectivity index (χ0v) is 10.6. The molecular formula is C11H18N2O3S. The Balaban J connectivity index is 2.69. The van der Waals surface area contributed by atoms with Crippen LogP contribution in [0, 0.1) is 0 Å². The lowest BCUT2D eigenvalue weighted by Crippen LogP contribution is -2.32. The van der Waals surface area contributed by atoms with Crippen molar-refractivity contribution in [3.05, 3.63) is 24.3 Å². The summed E-state index contributed by atoms with van der Waals surface area (Å²) in [6.45, 7) is 1.95. The van der Waals surface area contributed by atoms with Crippen LogP contribution in [0.2, 0.25) is 0 Å².